The van der Waals surface area contributed by atoms with Gasteiger partial charge in [0.05, 0.1) is 6.61 Å². The van der Waals surface area contributed by atoms with Crippen LogP contribution in [-0.4, -0.2) is 13.2 Å². The van der Waals surface area contributed by atoms with Crippen LogP contribution in [0, 0.1) is 0 Å². The molecular weight excluding hydrogens is 222 g/mol. The fraction of sp³-hybridized carbons (Fsp3) is 0.625. The van der Waals surface area contributed by atoms with Crippen LogP contribution in [0.25, 0.3) is 0 Å². The minimum Gasteiger partial charge on any atom is -0.494 e. The number of fused-ring (bicyclic) bond motifs is 1. The molecular formula is C16H25NO. The van der Waals surface area contributed by atoms with Crippen LogP contribution in [0.3, 0.4) is 0 Å². The molecule has 0 aliphatic heterocycles. The van der Waals surface area contributed by atoms with Gasteiger partial charge in [-0.15, -0.1) is 0 Å². The van der Waals surface area contributed by atoms with Crippen molar-refractivity contribution in [3.05, 3.63) is 29.3 Å². The zero-order valence-corrected chi connectivity index (χ0v) is 11.8. The Hall–Kier alpha value is -1.02. The molecule has 1 N–H and O–H groups in total. The molecule has 2 nitrogen and oxygen atoms in total. The van der Waals surface area contributed by atoms with Crippen LogP contribution in [0.15, 0.2) is 18.2 Å². The molecule has 1 aliphatic rings. The Morgan fingerprint density at radius 3 is 2.78 bits per heavy atom. The van der Waals surface area contributed by atoms with Crippen LogP contribution in [0.5, 0.6) is 5.75 Å². The van der Waals surface area contributed by atoms with E-state index >= 15 is 0 Å². The fourth-order valence-corrected chi connectivity index (χ4v) is 2.73. The van der Waals surface area contributed by atoms with E-state index in [9.17, 15) is 0 Å². The summed E-state index contributed by atoms with van der Waals surface area (Å²) in [5.74, 6) is 1.68. The average Bonchev–Trinajstić information content (AvgIpc) is 2.70. The molecule has 0 saturated heterocycles. The molecule has 0 heterocycles. The first kappa shape index (κ1) is 13.4. The summed E-state index contributed by atoms with van der Waals surface area (Å²) in [6.07, 6.45) is 3.46. The van der Waals surface area contributed by atoms with Gasteiger partial charge in [-0.05, 0) is 55.0 Å². The molecule has 0 spiro atoms. The highest BCUT2D eigenvalue weighted by atomic mass is 16.5. The molecule has 1 aromatic rings. The van der Waals surface area contributed by atoms with Crippen molar-refractivity contribution < 1.29 is 4.74 Å². The standard InChI is InChI=1S/C16H25NO/c1-4-8-17-16-10-12(3)14-7-6-13(11-15(14)16)18-9-5-2/h6-7,11-12,16-17H,4-5,8-10H2,1-3H3. The maximum absolute atomic E-state index is 5.74. The molecule has 0 amide bonds. The Bertz CT molecular complexity index is 389. The lowest BCUT2D eigenvalue weighted by Gasteiger charge is -2.14. The van der Waals surface area contributed by atoms with Crippen LogP contribution in [0.4, 0.5) is 0 Å². The zero-order chi connectivity index (χ0) is 13.0. The molecule has 0 fully saturated rings. The first-order chi connectivity index (χ1) is 8.76. The van der Waals surface area contributed by atoms with Gasteiger partial charge in [0, 0.05) is 6.04 Å². The third kappa shape index (κ3) is 2.86. The molecule has 2 unspecified atom stereocenters. The lowest BCUT2D eigenvalue weighted by atomic mass is 10.0. The second kappa shape index (κ2) is 6.24. The van der Waals surface area contributed by atoms with Crippen molar-refractivity contribution in [2.75, 3.05) is 13.2 Å². The van der Waals surface area contributed by atoms with E-state index in [1.807, 2.05) is 0 Å². The summed E-state index contributed by atoms with van der Waals surface area (Å²) in [6, 6.07) is 7.12. The third-order valence-electron chi connectivity index (χ3n) is 3.67. The topological polar surface area (TPSA) is 21.3 Å². The molecule has 0 saturated carbocycles. The number of benzene rings is 1. The average molecular weight is 247 g/mol. The predicted octanol–water partition coefficient (Wildman–Crippen LogP) is 4.02. The SMILES string of the molecule is CCCNC1CC(C)c2ccc(OCCC)cc21. The van der Waals surface area contributed by atoms with Gasteiger partial charge in [-0.1, -0.05) is 26.8 Å². The van der Waals surface area contributed by atoms with Crippen LogP contribution in [0.2, 0.25) is 0 Å². The van der Waals surface area contributed by atoms with Gasteiger partial charge < -0.3 is 10.1 Å². The number of hydrogen-bond acceptors (Lipinski definition) is 2. The van der Waals surface area contributed by atoms with Gasteiger partial charge in [-0.25, -0.2) is 0 Å². The second-order valence-electron chi connectivity index (χ2n) is 5.28. The van der Waals surface area contributed by atoms with Crippen molar-refractivity contribution in [3.8, 4) is 5.75 Å². The van der Waals surface area contributed by atoms with Crippen molar-refractivity contribution in [2.24, 2.45) is 0 Å². The normalized spacial score (nSPS) is 21.9. The largest absolute Gasteiger partial charge is 0.494 e. The zero-order valence-electron chi connectivity index (χ0n) is 11.8. The number of nitrogens with one attached hydrogen (secondary N) is 1. The summed E-state index contributed by atoms with van der Waals surface area (Å²) < 4.78 is 5.74. The molecule has 1 aromatic carbocycles. The van der Waals surface area contributed by atoms with Crippen LogP contribution >= 0.6 is 0 Å². The van der Waals surface area contributed by atoms with Crippen molar-refractivity contribution in [1.29, 1.82) is 0 Å². The van der Waals surface area contributed by atoms with Gasteiger partial charge in [0.2, 0.25) is 0 Å². The van der Waals surface area contributed by atoms with Gasteiger partial charge in [0.25, 0.3) is 0 Å². The van der Waals surface area contributed by atoms with Gasteiger partial charge in [0.1, 0.15) is 5.75 Å². The summed E-state index contributed by atoms with van der Waals surface area (Å²) >= 11 is 0. The first-order valence-electron chi connectivity index (χ1n) is 7.26. The Balaban J connectivity index is 2.14. The summed E-state index contributed by atoms with van der Waals surface area (Å²) in [4.78, 5) is 0. The highest BCUT2D eigenvalue weighted by Crippen LogP contribution is 2.41. The summed E-state index contributed by atoms with van der Waals surface area (Å²) in [5.41, 5.74) is 2.94. The highest BCUT2D eigenvalue weighted by molar-refractivity contribution is 5.43. The van der Waals surface area contributed by atoms with Crippen molar-refractivity contribution in [1.82, 2.24) is 5.32 Å². The van der Waals surface area contributed by atoms with Crippen molar-refractivity contribution >= 4 is 0 Å². The lowest BCUT2D eigenvalue weighted by Crippen LogP contribution is -2.20. The highest BCUT2D eigenvalue weighted by Gasteiger charge is 2.27. The van der Waals surface area contributed by atoms with Crippen molar-refractivity contribution in [3.63, 3.8) is 0 Å². The smallest absolute Gasteiger partial charge is 0.119 e. The molecule has 100 valence electrons. The maximum atomic E-state index is 5.74. The number of ether oxygens (including phenoxy) is 1. The fourth-order valence-electron chi connectivity index (χ4n) is 2.73. The quantitative estimate of drug-likeness (QED) is 0.819. The third-order valence-corrected chi connectivity index (χ3v) is 3.67. The molecule has 2 heteroatoms. The van der Waals surface area contributed by atoms with Crippen LogP contribution in [0.1, 0.15) is 63.1 Å². The minimum atomic E-state index is 0.514. The second-order valence-corrected chi connectivity index (χ2v) is 5.28. The van der Waals surface area contributed by atoms with E-state index in [2.05, 4.69) is 44.3 Å². The van der Waals surface area contributed by atoms with Gasteiger partial charge in [0.15, 0.2) is 0 Å². The Labute approximate surface area is 111 Å². The van der Waals surface area contributed by atoms with Gasteiger partial charge >= 0.3 is 0 Å². The van der Waals surface area contributed by atoms with E-state index in [0.717, 1.165) is 25.3 Å². The maximum Gasteiger partial charge on any atom is 0.119 e. The summed E-state index contributed by atoms with van der Waals surface area (Å²) in [6.45, 7) is 8.57. The van der Waals surface area contributed by atoms with Gasteiger partial charge in [-0.2, -0.15) is 0 Å². The molecule has 2 rings (SSSR count). The molecule has 18 heavy (non-hydrogen) atoms. The first-order valence-corrected chi connectivity index (χ1v) is 7.26. The molecule has 2 atom stereocenters. The minimum absolute atomic E-state index is 0.514. The lowest BCUT2D eigenvalue weighted by molar-refractivity contribution is 0.317. The predicted molar refractivity (Wildman–Crippen MR) is 76.3 cm³/mol. The number of hydrogen-bond donors (Lipinski definition) is 1. The number of rotatable bonds is 6. The monoisotopic (exact) mass is 247 g/mol. The Morgan fingerprint density at radius 1 is 1.22 bits per heavy atom. The summed E-state index contributed by atoms with van der Waals surface area (Å²) in [5, 5.41) is 3.65. The molecule has 0 radical (unpaired) electrons. The van der Waals surface area contributed by atoms with Gasteiger partial charge in [-0.3, -0.25) is 0 Å². The van der Waals surface area contributed by atoms with Crippen LogP contribution < -0.4 is 10.1 Å². The Morgan fingerprint density at radius 2 is 2.06 bits per heavy atom. The van der Waals surface area contributed by atoms with E-state index < -0.39 is 0 Å². The van der Waals surface area contributed by atoms with E-state index in [4.69, 9.17) is 4.74 Å². The van der Waals surface area contributed by atoms with E-state index in [1.54, 1.807) is 0 Å². The van der Waals surface area contributed by atoms with E-state index in [1.165, 1.54) is 24.0 Å². The Kier molecular flexibility index (Phi) is 4.65. The van der Waals surface area contributed by atoms with Crippen molar-refractivity contribution in [2.45, 2.75) is 52.0 Å². The van der Waals surface area contributed by atoms with Crippen LogP contribution in [-0.2, 0) is 0 Å². The molecule has 1 aliphatic carbocycles. The molecule has 0 bridgehead atoms. The van der Waals surface area contributed by atoms with E-state index in [-0.39, 0.29) is 0 Å². The summed E-state index contributed by atoms with van der Waals surface area (Å²) in [7, 11) is 0. The molecule has 0 aromatic heterocycles. The van der Waals surface area contributed by atoms with E-state index in [0.29, 0.717) is 12.0 Å².